The molecule has 4 heteroatoms. The SMILES string of the molecule is CCC1(C)CN(Cc2cncs2)C(c2ccccc2)CN1. The van der Waals surface area contributed by atoms with E-state index in [2.05, 4.69) is 59.4 Å². The van der Waals surface area contributed by atoms with Gasteiger partial charge in [-0.15, -0.1) is 11.3 Å². The summed E-state index contributed by atoms with van der Waals surface area (Å²) in [7, 11) is 0. The van der Waals surface area contributed by atoms with Crippen molar-refractivity contribution in [3.8, 4) is 0 Å². The molecule has 2 atom stereocenters. The van der Waals surface area contributed by atoms with Crippen molar-refractivity contribution in [2.24, 2.45) is 0 Å². The molecule has 1 aliphatic rings. The maximum Gasteiger partial charge on any atom is 0.0794 e. The molecule has 112 valence electrons. The molecule has 1 N–H and O–H groups in total. The molecule has 1 aromatic heterocycles. The van der Waals surface area contributed by atoms with Crippen molar-refractivity contribution < 1.29 is 0 Å². The average Bonchev–Trinajstić information content (AvgIpc) is 3.01. The zero-order valence-corrected chi connectivity index (χ0v) is 13.6. The molecule has 1 aliphatic heterocycles. The molecule has 0 spiro atoms. The maximum atomic E-state index is 4.22. The van der Waals surface area contributed by atoms with Gasteiger partial charge in [-0.05, 0) is 18.9 Å². The van der Waals surface area contributed by atoms with Crippen molar-refractivity contribution in [3.63, 3.8) is 0 Å². The molecular weight excluding hydrogens is 278 g/mol. The van der Waals surface area contributed by atoms with Crippen molar-refractivity contribution in [3.05, 3.63) is 52.5 Å². The Kier molecular flexibility index (Phi) is 4.38. The van der Waals surface area contributed by atoms with E-state index in [0.29, 0.717) is 6.04 Å². The summed E-state index contributed by atoms with van der Waals surface area (Å²) in [6, 6.07) is 11.3. The Morgan fingerprint density at radius 1 is 1.38 bits per heavy atom. The molecule has 0 saturated carbocycles. The molecular formula is C17H23N3S. The van der Waals surface area contributed by atoms with E-state index < -0.39 is 0 Å². The monoisotopic (exact) mass is 301 g/mol. The highest BCUT2D eigenvalue weighted by molar-refractivity contribution is 7.09. The second-order valence-electron chi connectivity index (χ2n) is 6.09. The highest BCUT2D eigenvalue weighted by Crippen LogP contribution is 2.30. The Morgan fingerprint density at radius 3 is 2.86 bits per heavy atom. The van der Waals surface area contributed by atoms with Gasteiger partial charge in [-0.25, -0.2) is 0 Å². The van der Waals surface area contributed by atoms with Crippen LogP contribution in [0.25, 0.3) is 0 Å². The van der Waals surface area contributed by atoms with Gasteiger partial charge in [-0.3, -0.25) is 9.88 Å². The van der Waals surface area contributed by atoms with Crippen LogP contribution < -0.4 is 5.32 Å². The summed E-state index contributed by atoms with van der Waals surface area (Å²) in [4.78, 5) is 8.16. The van der Waals surface area contributed by atoms with Crippen LogP contribution in [0.2, 0.25) is 0 Å². The number of rotatable bonds is 4. The quantitative estimate of drug-likeness (QED) is 0.937. The van der Waals surface area contributed by atoms with E-state index in [9.17, 15) is 0 Å². The summed E-state index contributed by atoms with van der Waals surface area (Å²) in [6.45, 7) is 7.66. The van der Waals surface area contributed by atoms with Gasteiger partial charge in [0.05, 0.1) is 5.51 Å². The fraction of sp³-hybridized carbons (Fsp3) is 0.471. The van der Waals surface area contributed by atoms with E-state index >= 15 is 0 Å². The van der Waals surface area contributed by atoms with Crippen molar-refractivity contribution in [1.29, 1.82) is 0 Å². The predicted molar refractivity (Wildman–Crippen MR) is 88.4 cm³/mol. The normalized spacial score (nSPS) is 26.9. The first-order valence-corrected chi connectivity index (χ1v) is 8.49. The van der Waals surface area contributed by atoms with Crippen molar-refractivity contribution in [2.45, 2.75) is 38.4 Å². The summed E-state index contributed by atoms with van der Waals surface area (Å²) >= 11 is 1.75. The molecule has 0 aliphatic carbocycles. The third-order valence-electron chi connectivity index (χ3n) is 4.52. The Bertz CT molecular complexity index is 555. The second kappa shape index (κ2) is 6.26. The van der Waals surface area contributed by atoms with E-state index in [1.807, 2.05) is 11.7 Å². The number of benzene rings is 1. The van der Waals surface area contributed by atoms with Crippen LogP contribution in [-0.4, -0.2) is 28.5 Å². The number of nitrogens with zero attached hydrogens (tertiary/aromatic N) is 2. The summed E-state index contributed by atoms with van der Waals surface area (Å²) < 4.78 is 0. The molecule has 3 rings (SSSR count). The molecule has 0 radical (unpaired) electrons. The number of nitrogens with one attached hydrogen (secondary N) is 1. The van der Waals surface area contributed by atoms with Gasteiger partial charge < -0.3 is 5.32 Å². The third-order valence-corrected chi connectivity index (χ3v) is 5.29. The Balaban J connectivity index is 1.84. The van der Waals surface area contributed by atoms with E-state index in [4.69, 9.17) is 0 Å². The minimum absolute atomic E-state index is 0.204. The summed E-state index contributed by atoms with van der Waals surface area (Å²) in [5.74, 6) is 0. The average molecular weight is 301 g/mol. The summed E-state index contributed by atoms with van der Waals surface area (Å²) in [5.41, 5.74) is 3.52. The zero-order chi connectivity index (χ0) is 14.7. The largest absolute Gasteiger partial charge is 0.308 e. The lowest BCUT2D eigenvalue weighted by Gasteiger charge is -2.46. The Labute approximate surface area is 131 Å². The smallest absolute Gasteiger partial charge is 0.0794 e. The number of hydrogen-bond acceptors (Lipinski definition) is 4. The standard InChI is InChI=1S/C17H23N3S/c1-3-17(2)12-20(11-15-9-18-13-21-15)16(10-19-17)14-7-5-4-6-8-14/h4-9,13,16,19H,3,10-12H2,1-2H3. The number of aromatic nitrogens is 1. The van der Waals surface area contributed by atoms with Gasteiger partial charge in [0.1, 0.15) is 0 Å². The molecule has 2 aromatic rings. The van der Waals surface area contributed by atoms with Crippen LogP contribution in [0, 0.1) is 0 Å². The van der Waals surface area contributed by atoms with Crippen molar-refractivity contribution >= 4 is 11.3 Å². The van der Waals surface area contributed by atoms with Crippen LogP contribution in [0.3, 0.4) is 0 Å². The molecule has 1 saturated heterocycles. The molecule has 1 fully saturated rings. The van der Waals surface area contributed by atoms with E-state index in [0.717, 1.165) is 26.1 Å². The van der Waals surface area contributed by atoms with Gasteiger partial charge in [0.15, 0.2) is 0 Å². The van der Waals surface area contributed by atoms with E-state index in [1.54, 1.807) is 11.3 Å². The van der Waals surface area contributed by atoms with Crippen LogP contribution in [0.4, 0.5) is 0 Å². The van der Waals surface area contributed by atoms with E-state index in [1.165, 1.54) is 10.4 Å². The van der Waals surface area contributed by atoms with Crippen LogP contribution >= 0.6 is 11.3 Å². The maximum absolute atomic E-state index is 4.22. The first-order valence-electron chi connectivity index (χ1n) is 7.61. The topological polar surface area (TPSA) is 28.2 Å². The minimum Gasteiger partial charge on any atom is -0.308 e. The third kappa shape index (κ3) is 3.34. The second-order valence-corrected chi connectivity index (χ2v) is 7.07. The van der Waals surface area contributed by atoms with Crippen LogP contribution in [0.5, 0.6) is 0 Å². The summed E-state index contributed by atoms with van der Waals surface area (Å²) in [6.07, 6.45) is 3.14. The van der Waals surface area contributed by atoms with Crippen molar-refractivity contribution in [2.75, 3.05) is 13.1 Å². The van der Waals surface area contributed by atoms with Gasteiger partial charge in [0.25, 0.3) is 0 Å². The lowest BCUT2D eigenvalue weighted by Crippen LogP contribution is -2.59. The number of hydrogen-bond donors (Lipinski definition) is 1. The molecule has 1 aromatic carbocycles. The summed E-state index contributed by atoms with van der Waals surface area (Å²) in [5, 5.41) is 3.75. The van der Waals surface area contributed by atoms with Crippen molar-refractivity contribution in [1.82, 2.24) is 15.2 Å². The fourth-order valence-corrected chi connectivity index (χ4v) is 3.63. The van der Waals surface area contributed by atoms with Crippen LogP contribution in [-0.2, 0) is 6.54 Å². The van der Waals surface area contributed by atoms with Gasteiger partial charge >= 0.3 is 0 Å². The van der Waals surface area contributed by atoms with E-state index in [-0.39, 0.29) is 5.54 Å². The Morgan fingerprint density at radius 2 is 2.19 bits per heavy atom. The molecule has 21 heavy (non-hydrogen) atoms. The molecule has 0 bridgehead atoms. The first kappa shape index (κ1) is 14.7. The number of thiazole rings is 1. The number of piperazine rings is 1. The minimum atomic E-state index is 0.204. The molecule has 2 heterocycles. The lowest BCUT2D eigenvalue weighted by molar-refractivity contribution is 0.0781. The van der Waals surface area contributed by atoms with Gasteiger partial charge in [-0.2, -0.15) is 0 Å². The van der Waals surface area contributed by atoms with Crippen LogP contribution in [0.15, 0.2) is 42.0 Å². The highest BCUT2D eigenvalue weighted by Gasteiger charge is 2.35. The molecule has 3 nitrogen and oxygen atoms in total. The molecule has 0 amide bonds. The predicted octanol–water partition coefficient (Wildman–Crippen LogP) is 3.46. The van der Waals surface area contributed by atoms with Gasteiger partial charge in [0.2, 0.25) is 0 Å². The fourth-order valence-electron chi connectivity index (χ4n) is 3.01. The Hall–Kier alpha value is -1.23. The zero-order valence-electron chi connectivity index (χ0n) is 12.7. The van der Waals surface area contributed by atoms with Gasteiger partial charge in [0, 0.05) is 42.3 Å². The lowest BCUT2D eigenvalue weighted by atomic mass is 9.91. The molecule has 2 unspecified atom stereocenters. The van der Waals surface area contributed by atoms with Crippen LogP contribution in [0.1, 0.15) is 36.8 Å². The highest BCUT2D eigenvalue weighted by atomic mass is 32.1. The first-order chi connectivity index (χ1) is 10.2. The van der Waals surface area contributed by atoms with Gasteiger partial charge in [-0.1, -0.05) is 37.3 Å².